The summed E-state index contributed by atoms with van der Waals surface area (Å²) >= 11 is 0. The van der Waals surface area contributed by atoms with Crippen LogP contribution in [-0.4, -0.2) is 30.5 Å². The van der Waals surface area contributed by atoms with Gasteiger partial charge in [-0.3, -0.25) is 4.79 Å². The molecule has 1 unspecified atom stereocenters. The molecule has 0 radical (unpaired) electrons. The largest absolute Gasteiger partial charge is 0.493 e. The normalized spacial score (nSPS) is 11.9. The van der Waals surface area contributed by atoms with E-state index in [0.717, 1.165) is 17.5 Å². The van der Waals surface area contributed by atoms with Crippen molar-refractivity contribution < 1.29 is 13.9 Å². The Morgan fingerprint density at radius 3 is 2.58 bits per heavy atom. The minimum absolute atomic E-state index is 0.0453. The highest BCUT2D eigenvalue weighted by atomic mass is 19.1. The molecule has 0 bridgehead atoms. The van der Waals surface area contributed by atoms with Crippen molar-refractivity contribution in [2.45, 2.75) is 33.2 Å². The number of hydrogen-bond donors (Lipinski definition) is 0. The molecule has 0 heterocycles. The van der Waals surface area contributed by atoms with Gasteiger partial charge in [0.15, 0.2) is 0 Å². The van der Waals surface area contributed by atoms with Crippen LogP contribution in [-0.2, 0) is 0 Å². The Labute approximate surface area is 143 Å². The molecule has 0 saturated heterocycles. The second kappa shape index (κ2) is 7.95. The summed E-state index contributed by atoms with van der Waals surface area (Å²) in [6.45, 7) is 6.42. The number of carbonyl (C=O) groups excluding carboxylic acids is 1. The molecule has 0 aromatic heterocycles. The van der Waals surface area contributed by atoms with E-state index in [4.69, 9.17) is 4.74 Å². The molecule has 2 aromatic rings. The minimum Gasteiger partial charge on any atom is -0.493 e. The van der Waals surface area contributed by atoms with E-state index in [9.17, 15) is 9.18 Å². The average molecular weight is 329 g/mol. The number of amides is 1. The van der Waals surface area contributed by atoms with Crippen LogP contribution >= 0.6 is 0 Å². The Morgan fingerprint density at radius 1 is 1.21 bits per heavy atom. The Hall–Kier alpha value is -2.36. The van der Waals surface area contributed by atoms with E-state index in [0.29, 0.717) is 17.9 Å². The fraction of sp³-hybridized carbons (Fsp3) is 0.350. The number of nitrogens with zero attached hydrogens (tertiary/aromatic N) is 1. The van der Waals surface area contributed by atoms with Crippen molar-refractivity contribution in [1.29, 1.82) is 0 Å². The standard InChI is InChI=1S/C20H24FNO2/c1-5-14(3)22(4)20(23)16-10-11-18(19(13-16)24-6-2)15-8-7-9-17(21)12-15/h7-14H,5-6H2,1-4H3. The fourth-order valence-electron chi connectivity index (χ4n) is 2.50. The number of carbonyl (C=O) groups is 1. The molecular formula is C20H24FNO2. The lowest BCUT2D eigenvalue weighted by atomic mass is 10.0. The summed E-state index contributed by atoms with van der Waals surface area (Å²) in [4.78, 5) is 14.3. The molecule has 1 atom stereocenters. The van der Waals surface area contributed by atoms with Crippen LogP contribution in [0.1, 0.15) is 37.6 Å². The van der Waals surface area contributed by atoms with Crippen LogP contribution < -0.4 is 4.74 Å². The quantitative estimate of drug-likeness (QED) is 0.764. The first-order chi connectivity index (χ1) is 11.5. The number of halogens is 1. The van der Waals surface area contributed by atoms with Crippen LogP contribution in [0.3, 0.4) is 0 Å². The van der Waals surface area contributed by atoms with E-state index in [2.05, 4.69) is 0 Å². The number of ether oxygens (including phenoxy) is 1. The summed E-state index contributed by atoms with van der Waals surface area (Å²) in [5.74, 6) is 0.245. The highest BCUT2D eigenvalue weighted by molar-refractivity contribution is 5.95. The van der Waals surface area contributed by atoms with Gasteiger partial charge in [-0.05, 0) is 56.2 Å². The van der Waals surface area contributed by atoms with Crippen LogP contribution in [0.4, 0.5) is 4.39 Å². The van der Waals surface area contributed by atoms with Crippen LogP contribution in [0.2, 0.25) is 0 Å². The van der Waals surface area contributed by atoms with Crippen LogP contribution in [0.15, 0.2) is 42.5 Å². The third kappa shape index (κ3) is 3.94. The highest BCUT2D eigenvalue weighted by Crippen LogP contribution is 2.32. The highest BCUT2D eigenvalue weighted by Gasteiger charge is 2.18. The van der Waals surface area contributed by atoms with E-state index < -0.39 is 0 Å². The average Bonchev–Trinajstić information content (AvgIpc) is 2.60. The summed E-state index contributed by atoms with van der Waals surface area (Å²) in [6.07, 6.45) is 0.891. The molecular weight excluding hydrogens is 305 g/mol. The maximum Gasteiger partial charge on any atom is 0.253 e. The SMILES string of the molecule is CCOc1cc(C(=O)N(C)C(C)CC)ccc1-c1cccc(F)c1. The molecule has 2 aromatic carbocycles. The van der Waals surface area contributed by atoms with E-state index in [1.54, 1.807) is 30.1 Å². The lowest BCUT2D eigenvalue weighted by molar-refractivity contribution is 0.0740. The molecule has 0 aliphatic carbocycles. The molecule has 0 saturated carbocycles. The topological polar surface area (TPSA) is 29.5 Å². The lowest BCUT2D eigenvalue weighted by Crippen LogP contribution is -2.34. The predicted octanol–water partition coefficient (Wildman–Crippen LogP) is 4.76. The minimum atomic E-state index is -0.299. The van der Waals surface area contributed by atoms with Crippen LogP contribution in [0.25, 0.3) is 11.1 Å². The van der Waals surface area contributed by atoms with Gasteiger partial charge in [0, 0.05) is 24.2 Å². The molecule has 0 fully saturated rings. The van der Waals surface area contributed by atoms with Gasteiger partial charge in [0.05, 0.1) is 6.61 Å². The van der Waals surface area contributed by atoms with Gasteiger partial charge in [-0.2, -0.15) is 0 Å². The fourth-order valence-corrected chi connectivity index (χ4v) is 2.50. The Bertz CT molecular complexity index is 715. The monoisotopic (exact) mass is 329 g/mol. The maximum absolute atomic E-state index is 13.5. The Balaban J connectivity index is 2.41. The van der Waals surface area contributed by atoms with Crippen molar-refractivity contribution in [1.82, 2.24) is 4.90 Å². The van der Waals surface area contributed by atoms with Gasteiger partial charge in [0.25, 0.3) is 5.91 Å². The molecule has 0 aliphatic rings. The second-order valence-electron chi connectivity index (χ2n) is 5.83. The van der Waals surface area contributed by atoms with Crippen molar-refractivity contribution in [2.24, 2.45) is 0 Å². The van der Waals surface area contributed by atoms with Crippen molar-refractivity contribution >= 4 is 5.91 Å². The summed E-state index contributed by atoms with van der Waals surface area (Å²) < 4.78 is 19.2. The van der Waals surface area contributed by atoms with Gasteiger partial charge >= 0.3 is 0 Å². The van der Waals surface area contributed by atoms with E-state index in [1.807, 2.05) is 32.9 Å². The van der Waals surface area contributed by atoms with Gasteiger partial charge in [0.2, 0.25) is 0 Å². The molecule has 128 valence electrons. The lowest BCUT2D eigenvalue weighted by Gasteiger charge is -2.24. The maximum atomic E-state index is 13.5. The predicted molar refractivity (Wildman–Crippen MR) is 94.9 cm³/mol. The zero-order valence-electron chi connectivity index (χ0n) is 14.7. The first-order valence-electron chi connectivity index (χ1n) is 8.27. The number of benzene rings is 2. The zero-order chi connectivity index (χ0) is 17.7. The molecule has 0 spiro atoms. The van der Waals surface area contributed by atoms with Crippen LogP contribution in [0, 0.1) is 5.82 Å². The molecule has 0 aliphatic heterocycles. The smallest absolute Gasteiger partial charge is 0.253 e. The number of hydrogen-bond acceptors (Lipinski definition) is 2. The van der Waals surface area contributed by atoms with Crippen molar-refractivity contribution in [2.75, 3.05) is 13.7 Å². The van der Waals surface area contributed by atoms with Gasteiger partial charge in [0.1, 0.15) is 11.6 Å². The first kappa shape index (κ1) is 18.0. The van der Waals surface area contributed by atoms with Gasteiger partial charge in [-0.25, -0.2) is 4.39 Å². The third-order valence-corrected chi connectivity index (χ3v) is 4.24. The molecule has 0 N–H and O–H groups in total. The summed E-state index contributed by atoms with van der Waals surface area (Å²) in [5, 5.41) is 0. The Kier molecular flexibility index (Phi) is 5.96. The molecule has 24 heavy (non-hydrogen) atoms. The molecule has 3 nitrogen and oxygen atoms in total. The van der Waals surface area contributed by atoms with Crippen molar-refractivity contribution in [3.63, 3.8) is 0 Å². The first-order valence-corrected chi connectivity index (χ1v) is 8.27. The molecule has 1 amide bonds. The third-order valence-electron chi connectivity index (χ3n) is 4.24. The van der Waals surface area contributed by atoms with E-state index in [-0.39, 0.29) is 17.8 Å². The van der Waals surface area contributed by atoms with Gasteiger partial charge in [-0.15, -0.1) is 0 Å². The van der Waals surface area contributed by atoms with E-state index >= 15 is 0 Å². The Morgan fingerprint density at radius 2 is 1.96 bits per heavy atom. The number of rotatable bonds is 6. The summed E-state index contributed by atoms with van der Waals surface area (Å²) in [6, 6.07) is 11.8. The summed E-state index contributed by atoms with van der Waals surface area (Å²) in [7, 11) is 1.80. The summed E-state index contributed by atoms with van der Waals surface area (Å²) in [5.41, 5.74) is 2.08. The van der Waals surface area contributed by atoms with Crippen molar-refractivity contribution in [3.8, 4) is 16.9 Å². The zero-order valence-corrected chi connectivity index (χ0v) is 14.7. The van der Waals surface area contributed by atoms with Crippen molar-refractivity contribution in [3.05, 3.63) is 53.8 Å². The second-order valence-corrected chi connectivity index (χ2v) is 5.83. The van der Waals surface area contributed by atoms with Gasteiger partial charge < -0.3 is 9.64 Å². The van der Waals surface area contributed by atoms with E-state index in [1.165, 1.54) is 12.1 Å². The molecule has 2 rings (SSSR count). The molecule has 4 heteroatoms. The van der Waals surface area contributed by atoms with Gasteiger partial charge in [-0.1, -0.05) is 19.1 Å². The van der Waals surface area contributed by atoms with Crippen LogP contribution in [0.5, 0.6) is 5.75 Å².